The lowest BCUT2D eigenvalue weighted by Gasteiger charge is -2.01. The van der Waals surface area contributed by atoms with Crippen LogP contribution in [0.25, 0.3) is 10.9 Å². The molecule has 1 heterocycles. The molecule has 1 aromatic carbocycles. The molecular weight excluding hydrogens is 204 g/mol. The minimum Gasteiger partial charge on any atom is -0.508 e. The molecule has 1 aromatic heterocycles. The van der Waals surface area contributed by atoms with Crippen LogP contribution in [-0.4, -0.2) is 20.6 Å². The van der Waals surface area contributed by atoms with Crippen molar-refractivity contribution < 1.29 is 10.3 Å². The topological polar surface area (TPSA) is 57.8 Å². The molecule has 3 rings (SSSR count). The van der Waals surface area contributed by atoms with E-state index in [9.17, 15) is 5.11 Å². The summed E-state index contributed by atoms with van der Waals surface area (Å²) in [5.41, 5.74) is 3.95. The third-order valence-corrected chi connectivity index (χ3v) is 3.29. The summed E-state index contributed by atoms with van der Waals surface area (Å²) in [5.74, 6) is 0.273. The Bertz CT molecular complexity index is 611. The summed E-state index contributed by atoms with van der Waals surface area (Å²) in [7, 11) is 1.95. The van der Waals surface area contributed by atoms with Gasteiger partial charge in [0.15, 0.2) is 0 Å². The predicted octanol–water partition coefficient (Wildman–Crippen LogP) is 2.01. The molecule has 2 aromatic rings. The lowest BCUT2D eigenvalue weighted by atomic mass is 10.1. The smallest absolute Gasteiger partial charge is 0.116 e. The Morgan fingerprint density at radius 3 is 2.88 bits per heavy atom. The molecule has 0 atom stereocenters. The molecule has 0 radical (unpaired) electrons. The van der Waals surface area contributed by atoms with Crippen LogP contribution in [0.5, 0.6) is 5.75 Å². The van der Waals surface area contributed by atoms with Gasteiger partial charge in [0.05, 0.1) is 5.69 Å². The molecule has 0 saturated carbocycles. The lowest BCUT2D eigenvalue weighted by molar-refractivity contribution is 0.318. The first-order valence-electron chi connectivity index (χ1n) is 5.24. The highest BCUT2D eigenvalue weighted by Gasteiger charge is 2.25. The maximum atomic E-state index is 9.50. The van der Waals surface area contributed by atoms with Gasteiger partial charge in [-0.05, 0) is 36.6 Å². The van der Waals surface area contributed by atoms with Crippen LogP contribution in [0, 0.1) is 0 Å². The first kappa shape index (κ1) is 9.27. The van der Waals surface area contributed by atoms with Crippen molar-refractivity contribution in [1.82, 2.24) is 4.57 Å². The van der Waals surface area contributed by atoms with Gasteiger partial charge < -0.3 is 14.9 Å². The summed E-state index contributed by atoms with van der Waals surface area (Å²) >= 11 is 0. The highest BCUT2D eigenvalue weighted by atomic mass is 16.4. The van der Waals surface area contributed by atoms with Gasteiger partial charge in [0.1, 0.15) is 11.5 Å². The number of oxime groups is 1. The van der Waals surface area contributed by atoms with Crippen molar-refractivity contribution in [2.24, 2.45) is 12.2 Å². The molecule has 1 aliphatic carbocycles. The summed E-state index contributed by atoms with van der Waals surface area (Å²) < 4.78 is 2.02. The van der Waals surface area contributed by atoms with Gasteiger partial charge in [-0.1, -0.05) is 5.16 Å². The monoisotopic (exact) mass is 216 g/mol. The maximum Gasteiger partial charge on any atom is 0.116 e. The van der Waals surface area contributed by atoms with Gasteiger partial charge in [-0.25, -0.2) is 0 Å². The first-order chi connectivity index (χ1) is 7.72. The van der Waals surface area contributed by atoms with Gasteiger partial charge in [-0.2, -0.15) is 0 Å². The van der Waals surface area contributed by atoms with Crippen molar-refractivity contribution in [3.05, 3.63) is 29.5 Å². The summed E-state index contributed by atoms with van der Waals surface area (Å²) in [6, 6.07) is 5.33. The minimum atomic E-state index is 0.273. The number of phenolic OH excluding ortho intramolecular Hbond substituents is 1. The van der Waals surface area contributed by atoms with Crippen molar-refractivity contribution in [3.8, 4) is 5.75 Å². The van der Waals surface area contributed by atoms with Crippen molar-refractivity contribution in [2.75, 3.05) is 0 Å². The maximum absolute atomic E-state index is 9.50. The van der Waals surface area contributed by atoms with Gasteiger partial charge in [0.2, 0.25) is 0 Å². The second-order valence-electron chi connectivity index (χ2n) is 4.13. The zero-order valence-corrected chi connectivity index (χ0v) is 8.94. The molecule has 0 amide bonds. The van der Waals surface area contributed by atoms with Crippen LogP contribution >= 0.6 is 0 Å². The second-order valence-corrected chi connectivity index (χ2v) is 4.13. The fraction of sp³-hybridized carbons (Fsp3) is 0.250. The van der Waals surface area contributed by atoms with Gasteiger partial charge in [-0.15, -0.1) is 0 Å². The predicted molar refractivity (Wildman–Crippen MR) is 61.2 cm³/mol. The number of nitrogens with zero attached hydrogens (tertiary/aromatic N) is 2. The quantitative estimate of drug-likeness (QED) is 0.522. The molecular formula is C12H12N2O2. The molecule has 4 heteroatoms. The molecule has 0 unspecified atom stereocenters. The summed E-state index contributed by atoms with van der Waals surface area (Å²) in [6.45, 7) is 0. The fourth-order valence-electron chi connectivity index (χ4n) is 2.59. The Balaban J connectivity index is 2.43. The van der Waals surface area contributed by atoms with Crippen molar-refractivity contribution in [3.63, 3.8) is 0 Å². The first-order valence-corrected chi connectivity index (χ1v) is 5.24. The van der Waals surface area contributed by atoms with E-state index in [4.69, 9.17) is 5.21 Å². The number of aryl methyl sites for hydroxylation is 2. The van der Waals surface area contributed by atoms with Crippen molar-refractivity contribution >= 4 is 16.6 Å². The number of fused-ring (bicyclic) bond motifs is 3. The zero-order valence-electron chi connectivity index (χ0n) is 8.94. The molecule has 1 aliphatic rings. The van der Waals surface area contributed by atoms with E-state index in [0.717, 1.165) is 35.2 Å². The van der Waals surface area contributed by atoms with E-state index in [0.29, 0.717) is 0 Å². The highest BCUT2D eigenvalue weighted by molar-refractivity contribution is 6.08. The number of aromatic hydroxyl groups is 1. The Hall–Kier alpha value is -1.97. The Labute approximate surface area is 92.4 Å². The Morgan fingerprint density at radius 2 is 2.12 bits per heavy atom. The van der Waals surface area contributed by atoms with Crippen LogP contribution in [0.2, 0.25) is 0 Å². The van der Waals surface area contributed by atoms with E-state index in [-0.39, 0.29) is 5.75 Å². The van der Waals surface area contributed by atoms with E-state index in [1.54, 1.807) is 12.1 Å². The van der Waals surface area contributed by atoms with Gasteiger partial charge in [-0.3, -0.25) is 0 Å². The third kappa shape index (κ3) is 1.01. The molecule has 16 heavy (non-hydrogen) atoms. The van der Waals surface area contributed by atoms with Gasteiger partial charge in [0.25, 0.3) is 0 Å². The normalized spacial score (nSPS) is 17.2. The Morgan fingerprint density at radius 1 is 1.31 bits per heavy atom. The van der Waals surface area contributed by atoms with Crippen LogP contribution in [0.1, 0.15) is 17.7 Å². The minimum absolute atomic E-state index is 0.273. The number of aromatic nitrogens is 1. The van der Waals surface area contributed by atoms with Crippen LogP contribution in [0.15, 0.2) is 23.4 Å². The molecule has 0 fully saturated rings. The molecule has 0 spiro atoms. The van der Waals surface area contributed by atoms with E-state index in [2.05, 4.69) is 5.16 Å². The van der Waals surface area contributed by atoms with Crippen molar-refractivity contribution in [1.29, 1.82) is 0 Å². The SMILES string of the molecule is Cn1c2c(c3cc(O)ccc31)CCC2=NO. The van der Waals surface area contributed by atoms with Crippen molar-refractivity contribution in [2.45, 2.75) is 12.8 Å². The summed E-state index contributed by atoms with van der Waals surface area (Å²) in [5, 5.41) is 22.8. The number of hydrogen-bond acceptors (Lipinski definition) is 3. The third-order valence-electron chi connectivity index (χ3n) is 3.29. The fourth-order valence-corrected chi connectivity index (χ4v) is 2.59. The van der Waals surface area contributed by atoms with Crippen LogP contribution < -0.4 is 0 Å². The highest BCUT2D eigenvalue weighted by Crippen LogP contribution is 2.34. The van der Waals surface area contributed by atoms with Crippen LogP contribution in [0.3, 0.4) is 0 Å². The Kier molecular flexibility index (Phi) is 1.74. The molecule has 2 N–H and O–H groups in total. The van der Waals surface area contributed by atoms with Gasteiger partial charge >= 0.3 is 0 Å². The van der Waals surface area contributed by atoms with Crippen LogP contribution in [-0.2, 0) is 13.5 Å². The number of hydrogen-bond donors (Lipinski definition) is 2. The van der Waals surface area contributed by atoms with E-state index in [1.807, 2.05) is 17.7 Å². The standard InChI is InChI=1S/C12H12N2O2/c1-14-11-5-2-7(15)6-9(11)8-3-4-10(13-16)12(8)14/h2,5-6,15-16H,3-4H2,1H3. The molecule has 82 valence electrons. The second kappa shape index (κ2) is 3.01. The zero-order chi connectivity index (χ0) is 11.3. The molecule has 4 nitrogen and oxygen atoms in total. The lowest BCUT2D eigenvalue weighted by Crippen LogP contribution is -2.02. The van der Waals surface area contributed by atoms with E-state index >= 15 is 0 Å². The average molecular weight is 216 g/mol. The van der Waals surface area contributed by atoms with E-state index < -0.39 is 0 Å². The molecule has 0 bridgehead atoms. The molecule has 0 saturated heterocycles. The van der Waals surface area contributed by atoms with Gasteiger partial charge in [0, 0.05) is 18.0 Å². The summed E-state index contributed by atoms with van der Waals surface area (Å²) in [4.78, 5) is 0. The van der Waals surface area contributed by atoms with E-state index in [1.165, 1.54) is 5.56 Å². The van der Waals surface area contributed by atoms with Crippen LogP contribution in [0.4, 0.5) is 0 Å². The summed E-state index contributed by atoms with van der Waals surface area (Å²) in [6.07, 6.45) is 1.64. The largest absolute Gasteiger partial charge is 0.508 e. The average Bonchev–Trinajstić information content (AvgIpc) is 2.80. The number of rotatable bonds is 0. The number of benzene rings is 1. The number of phenols is 1. The molecule has 0 aliphatic heterocycles.